The molecule has 138 valence electrons. The lowest BCUT2D eigenvalue weighted by Gasteiger charge is -2.22. The molecule has 0 fully saturated rings. The average Bonchev–Trinajstić information content (AvgIpc) is 2.64. The Morgan fingerprint density at radius 1 is 1.04 bits per heavy atom. The molecule has 0 bridgehead atoms. The zero-order valence-corrected chi connectivity index (χ0v) is 15.3. The van der Waals surface area contributed by atoms with Crippen molar-refractivity contribution in [3.05, 3.63) is 65.7 Å². The molecule has 0 heterocycles. The van der Waals surface area contributed by atoms with Crippen molar-refractivity contribution in [3.63, 3.8) is 0 Å². The molecule has 1 N–H and O–H groups in total. The summed E-state index contributed by atoms with van der Waals surface area (Å²) in [5, 5.41) is 2.69. The third kappa shape index (κ3) is 5.32. The van der Waals surface area contributed by atoms with Gasteiger partial charge in [-0.25, -0.2) is 13.2 Å². The van der Waals surface area contributed by atoms with Gasteiger partial charge in [-0.05, 0) is 29.8 Å². The molecule has 26 heavy (non-hydrogen) atoms. The van der Waals surface area contributed by atoms with E-state index in [0.29, 0.717) is 12.1 Å². The number of nitrogens with one attached hydrogen (secondary N) is 1. The average molecular weight is 376 g/mol. The maximum absolute atomic E-state index is 12.2. The number of benzene rings is 2. The Balaban J connectivity index is 2.10. The first-order chi connectivity index (χ1) is 12.3. The number of methoxy groups -OCH3 is 1. The van der Waals surface area contributed by atoms with Crippen molar-refractivity contribution in [1.29, 1.82) is 0 Å². The van der Waals surface area contributed by atoms with E-state index in [2.05, 4.69) is 10.1 Å². The number of nitrogens with zero attached hydrogens (tertiary/aromatic N) is 1. The van der Waals surface area contributed by atoms with Gasteiger partial charge in [-0.15, -0.1) is 0 Å². The highest BCUT2D eigenvalue weighted by molar-refractivity contribution is 7.92. The molecule has 0 saturated heterocycles. The van der Waals surface area contributed by atoms with Crippen LogP contribution in [0.1, 0.15) is 15.9 Å². The minimum atomic E-state index is -3.68. The van der Waals surface area contributed by atoms with E-state index in [1.54, 1.807) is 0 Å². The summed E-state index contributed by atoms with van der Waals surface area (Å²) in [6.07, 6.45) is 1.02. The van der Waals surface area contributed by atoms with Crippen LogP contribution in [0.25, 0.3) is 0 Å². The second-order valence-electron chi connectivity index (χ2n) is 5.57. The SMILES string of the molecule is COC(=O)c1ccc(N(CC(=O)NCc2ccccc2)S(C)(=O)=O)cc1. The van der Waals surface area contributed by atoms with Gasteiger partial charge in [0.15, 0.2) is 0 Å². The first-order valence-corrected chi connectivity index (χ1v) is 9.63. The van der Waals surface area contributed by atoms with E-state index in [1.807, 2.05) is 30.3 Å². The predicted molar refractivity (Wildman–Crippen MR) is 98.3 cm³/mol. The molecule has 2 aromatic rings. The molecule has 0 aliphatic rings. The molecular formula is C18H20N2O5S. The molecule has 0 atom stereocenters. The normalized spacial score (nSPS) is 10.8. The second kappa shape index (κ2) is 8.48. The zero-order valence-electron chi connectivity index (χ0n) is 14.5. The summed E-state index contributed by atoms with van der Waals surface area (Å²) in [5.74, 6) is -0.959. The Morgan fingerprint density at radius 3 is 2.19 bits per heavy atom. The molecule has 7 nitrogen and oxygen atoms in total. The number of ether oxygens (including phenoxy) is 1. The summed E-state index contributed by atoms with van der Waals surface area (Å²) < 4.78 is 29.7. The van der Waals surface area contributed by atoms with Gasteiger partial charge in [-0.2, -0.15) is 0 Å². The van der Waals surface area contributed by atoms with Crippen LogP contribution >= 0.6 is 0 Å². The van der Waals surface area contributed by atoms with Gasteiger partial charge in [-0.3, -0.25) is 9.10 Å². The van der Waals surface area contributed by atoms with Crippen LogP contribution in [0.2, 0.25) is 0 Å². The van der Waals surface area contributed by atoms with Crippen molar-refractivity contribution in [1.82, 2.24) is 5.32 Å². The van der Waals surface area contributed by atoms with Crippen LogP contribution in [-0.2, 0) is 26.1 Å². The van der Waals surface area contributed by atoms with Crippen LogP contribution in [0.5, 0.6) is 0 Å². The Kier molecular flexibility index (Phi) is 6.35. The van der Waals surface area contributed by atoms with Crippen molar-refractivity contribution in [2.45, 2.75) is 6.54 Å². The number of sulfonamides is 1. The van der Waals surface area contributed by atoms with E-state index in [9.17, 15) is 18.0 Å². The number of esters is 1. The Morgan fingerprint density at radius 2 is 1.65 bits per heavy atom. The molecule has 0 unspecified atom stereocenters. The standard InChI is InChI=1S/C18H20N2O5S/c1-25-18(22)15-8-10-16(11-9-15)20(26(2,23)24)13-17(21)19-12-14-6-4-3-5-7-14/h3-11H,12-13H2,1-2H3,(H,19,21). The monoisotopic (exact) mass is 376 g/mol. The van der Waals surface area contributed by atoms with Crippen molar-refractivity contribution in [3.8, 4) is 0 Å². The van der Waals surface area contributed by atoms with Gasteiger partial charge in [0.25, 0.3) is 0 Å². The number of carbonyl (C=O) groups is 2. The van der Waals surface area contributed by atoms with Gasteiger partial charge in [0.2, 0.25) is 15.9 Å². The number of amides is 1. The molecule has 0 aliphatic heterocycles. The first-order valence-electron chi connectivity index (χ1n) is 7.78. The number of carbonyl (C=O) groups excluding carboxylic acids is 2. The Hall–Kier alpha value is -2.87. The zero-order chi connectivity index (χ0) is 19.2. The third-order valence-corrected chi connectivity index (χ3v) is 4.74. The lowest BCUT2D eigenvalue weighted by Crippen LogP contribution is -2.40. The van der Waals surface area contributed by atoms with Crippen LogP contribution in [-0.4, -0.2) is 40.2 Å². The minimum absolute atomic E-state index is 0.287. The molecule has 2 aromatic carbocycles. The van der Waals surface area contributed by atoms with Gasteiger partial charge >= 0.3 is 5.97 Å². The Bertz CT molecular complexity index is 864. The van der Waals surface area contributed by atoms with Crippen LogP contribution < -0.4 is 9.62 Å². The molecule has 0 spiro atoms. The van der Waals surface area contributed by atoms with Gasteiger partial charge in [0.05, 0.1) is 24.6 Å². The molecular weight excluding hydrogens is 356 g/mol. The molecule has 0 aliphatic carbocycles. The molecule has 8 heteroatoms. The summed E-state index contributed by atoms with van der Waals surface area (Å²) in [4.78, 5) is 23.6. The summed E-state index contributed by atoms with van der Waals surface area (Å²) in [6, 6.07) is 15.1. The number of rotatable bonds is 7. The smallest absolute Gasteiger partial charge is 0.337 e. The van der Waals surface area contributed by atoms with Crippen molar-refractivity contribution in [2.75, 3.05) is 24.2 Å². The van der Waals surface area contributed by atoms with Gasteiger partial charge in [-0.1, -0.05) is 30.3 Å². The topological polar surface area (TPSA) is 92.8 Å². The number of anilines is 1. The lowest BCUT2D eigenvalue weighted by atomic mass is 10.2. The number of hydrogen-bond acceptors (Lipinski definition) is 5. The van der Waals surface area contributed by atoms with E-state index in [-0.39, 0.29) is 12.2 Å². The summed E-state index contributed by atoms with van der Waals surface area (Å²) in [6.45, 7) is -0.0538. The quantitative estimate of drug-likeness (QED) is 0.740. The highest BCUT2D eigenvalue weighted by Crippen LogP contribution is 2.18. The van der Waals surface area contributed by atoms with Crippen LogP contribution in [0, 0.1) is 0 Å². The van der Waals surface area contributed by atoms with E-state index < -0.39 is 21.9 Å². The Labute approximate surface area is 152 Å². The van der Waals surface area contributed by atoms with E-state index in [4.69, 9.17) is 0 Å². The highest BCUT2D eigenvalue weighted by atomic mass is 32.2. The van der Waals surface area contributed by atoms with E-state index in [1.165, 1.54) is 31.4 Å². The first kappa shape index (κ1) is 19.5. The summed E-state index contributed by atoms with van der Waals surface area (Å²) in [7, 11) is -2.42. The van der Waals surface area contributed by atoms with Crippen molar-refractivity contribution < 1.29 is 22.7 Å². The fourth-order valence-electron chi connectivity index (χ4n) is 2.26. The summed E-state index contributed by atoms with van der Waals surface area (Å²) in [5.41, 5.74) is 1.49. The third-order valence-electron chi connectivity index (χ3n) is 3.60. The van der Waals surface area contributed by atoms with E-state index >= 15 is 0 Å². The van der Waals surface area contributed by atoms with Crippen LogP contribution in [0.15, 0.2) is 54.6 Å². The van der Waals surface area contributed by atoms with Crippen molar-refractivity contribution in [2.24, 2.45) is 0 Å². The molecule has 0 radical (unpaired) electrons. The lowest BCUT2D eigenvalue weighted by molar-refractivity contribution is -0.119. The predicted octanol–water partition coefficient (Wildman–Crippen LogP) is 1.56. The summed E-state index contributed by atoms with van der Waals surface area (Å²) >= 11 is 0. The van der Waals surface area contributed by atoms with Crippen LogP contribution in [0.4, 0.5) is 5.69 Å². The molecule has 0 saturated carbocycles. The minimum Gasteiger partial charge on any atom is -0.465 e. The highest BCUT2D eigenvalue weighted by Gasteiger charge is 2.21. The van der Waals surface area contributed by atoms with E-state index in [0.717, 1.165) is 16.1 Å². The largest absolute Gasteiger partial charge is 0.465 e. The molecule has 2 rings (SSSR count). The molecule has 0 aromatic heterocycles. The fourth-order valence-corrected chi connectivity index (χ4v) is 3.12. The maximum Gasteiger partial charge on any atom is 0.337 e. The van der Waals surface area contributed by atoms with Crippen LogP contribution in [0.3, 0.4) is 0 Å². The van der Waals surface area contributed by atoms with Gasteiger partial charge < -0.3 is 10.1 Å². The molecule has 1 amide bonds. The second-order valence-corrected chi connectivity index (χ2v) is 7.48. The van der Waals surface area contributed by atoms with Gasteiger partial charge in [0.1, 0.15) is 6.54 Å². The van der Waals surface area contributed by atoms with Gasteiger partial charge in [0, 0.05) is 6.54 Å². The number of hydrogen-bond donors (Lipinski definition) is 1. The van der Waals surface area contributed by atoms with Crippen molar-refractivity contribution >= 4 is 27.6 Å². The maximum atomic E-state index is 12.2. The fraction of sp³-hybridized carbons (Fsp3) is 0.222.